The van der Waals surface area contributed by atoms with Crippen molar-refractivity contribution in [2.45, 2.75) is 38.0 Å². The summed E-state index contributed by atoms with van der Waals surface area (Å²) in [7, 11) is 0. The van der Waals surface area contributed by atoms with Gasteiger partial charge in [0.2, 0.25) is 0 Å². The van der Waals surface area contributed by atoms with E-state index >= 15 is 0 Å². The zero-order valence-electron chi connectivity index (χ0n) is 19.5. The van der Waals surface area contributed by atoms with E-state index < -0.39 is 0 Å². The van der Waals surface area contributed by atoms with Gasteiger partial charge in [-0.2, -0.15) is 0 Å². The zero-order valence-corrected chi connectivity index (χ0v) is 21.1. The molecule has 1 aliphatic carbocycles. The molecule has 0 bridgehead atoms. The van der Waals surface area contributed by atoms with Crippen LogP contribution in [0.5, 0.6) is 0 Å². The lowest BCUT2D eigenvalue weighted by atomic mass is 9.68. The Bertz CT molecular complexity index is 1320. The highest BCUT2D eigenvalue weighted by atomic mass is 79.9. The number of fused-ring (bicyclic) bond motifs is 3. The van der Waals surface area contributed by atoms with Crippen molar-refractivity contribution in [1.82, 2.24) is 0 Å². The molecule has 5 rings (SSSR count). The van der Waals surface area contributed by atoms with E-state index in [2.05, 4.69) is 134 Å². The lowest BCUT2D eigenvalue weighted by molar-refractivity contribution is 0.586. The molecule has 0 saturated heterocycles. The number of halogens is 1. The molecule has 0 amide bonds. The quantitative estimate of drug-likeness (QED) is 0.266. The van der Waals surface area contributed by atoms with E-state index in [0.717, 1.165) is 16.5 Å². The molecule has 1 aliphatic rings. The molecule has 0 nitrogen and oxygen atoms in total. The molecule has 0 aromatic heterocycles. The third kappa shape index (κ3) is 3.69. The fourth-order valence-electron chi connectivity index (χ4n) is 5.28. The van der Waals surface area contributed by atoms with Crippen LogP contribution in [0.3, 0.4) is 0 Å². The minimum absolute atomic E-state index is 0.126. The van der Waals surface area contributed by atoms with E-state index in [1.54, 1.807) is 0 Å². The van der Waals surface area contributed by atoms with Gasteiger partial charge in [0.15, 0.2) is 0 Å². The normalized spacial score (nSPS) is 16.8. The Hall–Kier alpha value is -2.90. The van der Waals surface area contributed by atoms with Gasteiger partial charge < -0.3 is 0 Å². The van der Waals surface area contributed by atoms with Gasteiger partial charge in [-0.15, -0.1) is 0 Å². The van der Waals surface area contributed by atoms with Crippen molar-refractivity contribution in [2.75, 3.05) is 0 Å². The zero-order chi connectivity index (χ0) is 23.2. The van der Waals surface area contributed by atoms with E-state index in [-0.39, 0.29) is 10.8 Å². The van der Waals surface area contributed by atoms with Crippen molar-refractivity contribution >= 4 is 22.0 Å². The third-order valence-corrected chi connectivity index (χ3v) is 7.54. The Kier molecular flexibility index (Phi) is 5.41. The summed E-state index contributed by atoms with van der Waals surface area (Å²) in [5.41, 5.74) is 10.5. The van der Waals surface area contributed by atoms with Gasteiger partial charge >= 0.3 is 0 Å². The molecular formula is C32H29Br. The molecule has 0 heterocycles. The summed E-state index contributed by atoms with van der Waals surface area (Å²) in [6.07, 6.45) is 2.81. The SMILES string of the molecule is C=Cc1ccc(CC2(c3ccc(C(C)(C)C)cc3)c3ccccc3-c3ccc(Br)cc32)cc1. The summed E-state index contributed by atoms with van der Waals surface area (Å²) in [4.78, 5) is 0. The molecule has 0 saturated carbocycles. The third-order valence-electron chi connectivity index (χ3n) is 7.05. The highest BCUT2D eigenvalue weighted by molar-refractivity contribution is 9.10. The molecule has 33 heavy (non-hydrogen) atoms. The minimum atomic E-state index is -0.248. The van der Waals surface area contributed by atoms with Crippen LogP contribution in [0.4, 0.5) is 0 Å². The molecule has 164 valence electrons. The van der Waals surface area contributed by atoms with E-state index in [1.165, 1.54) is 38.9 Å². The summed E-state index contributed by atoms with van der Waals surface area (Å²) in [6.45, 7) is 10.7. The Balaban J connectivity index is 1.78. The number of rotatable bonds is 4. The molecule has 0 radical (unpaired) electrons. The maximum absolute atomic E-state index is 3.92. The van der Waals surface area contributed by atoms with E-state index in [9.17, 15) is 0 Å². The lowest BCUT2D eigenvalue weighted by Crippen LogP contribution is -2.30. The largest absolute Gasteiger partial charge is 0.0985 e. The first-order valence-corrected chi connectivity index (χ1v) is 12.3. The van der Waals surface area contributed by atoms with Gasteiger partial charge in [-0.05, 0) is 68.5 Å². The molecule has 4 aromatic carbocycles. The topological polar surface area (TPSA) is 0 Å². The van der Waals surface area contributed by atoms with E-state index in [4.69, 9.17) is 0 Å². The van der Waals surface area contributed by atoms with Gasteiger partial charge in [-0.3, -0.25) is 0 Å². The van der Waals surface area contributed by atoms with Crippen LogP contribution in [0, 0.1) is 0 Å². The van der Waals surface area contributed by atoms with Crippen molar-refractivity contribution in [3.63, 3.8) is 0 Å². The summed E-state index contributed by atoms with van der Waals surface area (Å²) in [5.74, 6) is 0. The van der Waals surface area contributed by atoms with Crippen molar-refractivity contribution in [2.24, 2.45) is 0 Å². The summed E-state index contributed by atoms with van der Waals surface area (Å²) < 4.78 is 1.12. The van der Waals surface area contributed by atoms with Crippen molar-refractivity contribution in [3.05, 3.63) is 135 Å². The average molecular weight is 493 g/mol. The van der Waals surface area contributed by atoms with Crippen LogP contribution in [-0.4, -0.2) is 0 Å². The summed E-state index contributed by atoms with van der Waals surface area (Å²) in [5, 5.41) is 0. The fraction of sp³-hybridized carbons (Fsp3) is 0.188. The fourth-order valence-corrected chi connectivity index (χ4v) is 5.64. The monoisotopic (exact) mass is 492 g/mol. The van der Waals surface area contributed by atoms with Gasteiger partial charge in [0.25, 0.3) is 0 Å². The second-order valence-electron chi connectivity index (χ2n) is 10.1. The molecule has 1 heteroatoms. The highest BCUT2D eigenvalue weighted by Gasteiger charge is 2.44. The van der Waals surface area contributed by atoms with Crippen molar-refractivity contribution in [3.8, 4) is 11.1 Å². The van der Waals surface area contributed by atoms with Crippen LogP contribution < -0.4 is 0 Å². The van der Waals surface area contributed by atoms with Gasteiger partial charge in [-0.1, -0.05) is 128 Å². The molecule has 0 spiro atoms. The predicted molar refractivity (Wildman–Crippen MR) is 145 cm³/mol. The molecule has 0 aliphatic heterocycles. The van der Waals surface area contributed by atoms with Crippen LogP contribution >= 0.6 is 15.9 Å². The molecular weight excluding hydrogens is 464 g/mol. The van der Waals surface area contributed by atoms with Crippen LogP contribution in [-0.2, 0) is 17.3 Å². The van der Waals surface area contributed by atoms with E-state index in [0.29, 0.717) is 0 Å². The van der Waals surface area contributed by atoms with Crippen molar-refractivity contribution in [1.29, 1.82) is 0 Å². The number of benzene rings is 4. The van der Waals surface area contributed by atoms with Crippen LogP contribution in [0.25, 0.3) is 17.2 Å². The van der Waals surface area contributed by atoms with Gasteiger partial charge in [-0.25, -0.2) is 0 Å². The highest BCUT2D eigenvalue weighted by Crippen LogP contribution is 2.54. The molecule has 1 unspecified atom stereocenters. The van der Waals surface area contributed by atoms with Gasteiger partial charge in [0.05, 0.1) is 5.41 Å². The standard InChI is InChI=1S/C32H29Br/c1-5-22-10-12-23(13-11-22)21-32(25-16-14-24(15-17-25)31(2,3)4)29-9-7-6-8-27(29)28-19-18-26(33)20-30(28)32/h5-20H,1,21H2,2-4H3. The first-order chi connectivity index (χ1) is 15.8. The molecule has 0 N–H and O–H groups in total. The van der Waals surface area contributed by atoms with Gasteiger partial charge in [0, 0.05) is 4.47 Å². The summed E-state index contributed by atoms with van der Waals surface area (Å²) >= 11 is 3.76. The number of hydrogen-bond donors (Lipinski definition) is 0. The molecule has 4 aromatic rings. The minimum Gasteiger partial charge on any atom is -0.0985 e. The lowest BCUT2D eigenvalue weighted by Gasteiger charge is -2.34. The Morgan fingerprint density at radius 3 is 2.12 bits per heavy atom. The Morgan fingerprint density at radius 1 is 0.788 bits per heavy atom. The van der Waals surface area contributed by atoms with Crippen LogP contribution in [0.1, 0.15) is 54.2 Å². The number of hydrogen-bond acceptors (Lipinski definition) is 0. The molecule has 0 fully saturated rings. The van der Waals surface area contributed by atoms with Gasteiger partial charge in [0.1, 0.15) is 0 Å². The Morgan fingerprint density at radius 2 is 1.45 bits per heavy atom. The van der Waals surface area contributed by atoms with Crippen molar-refractivity contribution < 1.29 is 0 Å². The van der Waals surface area contributed by atoms with E-state index in [1.807, 2.05) is 6.08 Å². The average Bonchev–Trinajstić information content (AvgIpc) is 3.09. The smallest absolute Gasteiger partial charge is 0.0504 e. The second-order valence-corrected chi connectivity index (χ2v) is 11.0. The maximum atomic E-state index is 3.92. The maximum Gasteiger partial charge on any atom is 0.0504 e. The first-order valence-electron chi connectivity index (χ1n) is 11.6. The Labute approximate surface area is 206 Å². The van der Waals surface area contributed by atoms with Crippen LogP contribution in [0.2, 0.25) is 0 Å². The summed E-state index contributed by atoms with van der Waals surface area (Å²) in [6, 6.07) is 33.9. The predicted octanol–water partition coefficient (Wildman–Crippen LogP) is 8.95. The molecule has 1 atom stereocenters. The second kappa shape index (κ2) is 8.15. The first kappa shape index (κ1) is 21.9. The van der Waals surface area contributed by atoms with Crippen LogP contribution in [0.15, 0.2) is 102 Å².